The van der Waals surface area contributed by atoms with Crippen LogP contribution < -0.4 is 5.73 Å². The summed E-state index contributed by atoms with van der Waals surface area (Å²) >= 11 is 0. The molecule has 0 aromatic heterocycles. The molecule has 0 saturated carbocycles. The highest BCUT2D eigenvalue weighted by Crippen LogP contribution is 2.37. The van der Waals surface area contributed by atoms with Gasteiger partial charge in [0.05, 0.1) is 11.5 Å². The summed E-state index contributed by atoms with van der Waals surface area (Å²) < 4.78 is 0. The maximum absolute atomic E-state index is 13.0. The number of nitrogens with two attached hydrogens (primary N) is 1. The van der Waals surface area contributed by atoms with Gasteiger partial charge in [-0.05, 0) is 43.2 Å². The Morgan fingerprint density at radius 1 is 1.33 bits per heavy atom. The van der Waals surface area contributed by atoms with E-state index in [-0.39, 0.29) is 11.9 Å². The Balaban J connectivity index is 2.29. The van der Waals surface area contributed by atoms with Gasteiger partial charge in [0.15, 0.2) is 0 Å². The Hall–Kier alpha value is -1.35. The Bertz CT molecular complexity index is 485. The Morgan fingerprint density at radius 3 is 2.62 bits per heavy atom. The molecule has 1 amide bonds. The SMILES string of the molecule is CCC(CC)(CN)C(=O)N(C)C1CCCc2ccccc21. The predicted molar refractivity (Wildman–Crippen MR) is 87.0 cm³/mol. The molecule has 0 bridgehead atoms. The van der Waals surface area contributed by atoms with Crippen LogP contribution in [0, 0.1) is 5.41 Å². The Labute approximate surface area is 128 Å². The van der Waals surface area contributed by atoms with E-state index < -0.39 is 5.41 Å². The van der Waals surface area contributed by atoms with Crippen molar-refractivity contribution in [3.05, 3.63) is 35.4 Å². The number of amides is 1. The van der Waals surface area contributed by atoms with E-state index in [1.165, 1.54) is 11.1 Å². The molecular formula is C18H28N2O. The van der Waals surface area contributed by atoms with Crippen LogP contribution in [0.1, 0.15) is 56.7 Å². The van der Waals surface area contributed by atoms with Crippen molar-refractivity contribution in [1.29, 1.82) is 0 Å². The summed E-state index contributed by atoms with van der Waals surface area (Å²) in [4.78, 5) is 15.0. The van der Waals surface area contributed by atoms with Crippen LogP contribution in [-0.4, -0.2) is 24.4 Å². The van der Waals surface area contributed by atoms with Gasteiger partial charge in [-0.25, -0.2) is 0 Å². The summed E-state index contributed by atoms with van der Waals surface area (Å²) in [6.45, 7) is 4.56. The molecule has 1 atom stereocenters. The molecule has 21 heavy (non-hydrogen) atoms. The first kappa shape index (κ1) is 16.0. The summed E-state index contributed by atoms with van der Waals surface area (Å²) in [7, 11) is 1.95. The number of nitrogens with zero attached hydrogens (tertiary/aromatic N) is 1. The molecule has 2 rings (SSSR count). The minimum Gasteiger partial charge on any atom is -0.338 e. The summed E-state index contributed by atoms with van der Waals surface area (Å²) in [6, 6.07) is 8.73. The minimum atomic E-state index is -0.402. The topological polar surface area (TPSA) is 46.3 Å². The van der Waals surface area contributed by atoms with Gasteiger partial charge in [-0.2, -0.15) is 0 Å². The maximum atomic E-state index is 13.0. The van der Waals surface area contributed by atoms with Crippen LogP contribution in [0.3, 0.4) is 0 Å². The normalized spacial score (nSPS) is 18.2. The number of aryl methyl sites for hydroxylation is 1. The van der Waals surface area contributed by atoms with Crippen LogP contribution in [0.15, 0.2) is 24.3 Å². The van der Waals surface area contributed by atoms with Crippen molar-refractivity contribution in [2.75, 3.05) is 13.6 Å². The second kappa shape index (κ2) is 6.61. The molecule has 3 heteroatoms. The van der Waals surface area contributed by atoms with E-state index in [0.29, 0.717) is 6.54 Å². The molecule has 1 aromatic carbocycles. The average molecular weight is 288 g/mol. The second-order valence-electron chi connectivity index (χ2n) is 6.21. The first-order valence-corrected chi connectivity index (χ1v) is 8.14. The standard InChI is InChI=1S/C18H28N2O/c1-4-18(5-2,13-19)17(21)20(3)16-12-8-10-14-9-6-7-11-15(14)16/h6-7,9,11,16H,4-5,8,10,12-13,19H2,1-3H3. The van der Waals surface area contributed by atoms with E-state index in [9.17, 15) is 4.79 Å². The summed E-state index contributed by atoms with van der Waals surface area (Å²) in [6.07, 6.45) is 4.92. The summed E-state index contributed by atoms with van der Waals surface area (Å²) in [5.41, 5.74) is 8.25. The van der Waals surface area contributed by atoms with Gasteiger partial charge >= 0.3 is 0 Å². The molecule has 0 fully saturated rings. The van der Waals surface area contributed by atoms with Crippen molar-refractivity contribution in [1.82, 2.24) is 4.90 Å². The zero-order valence-corrected chi connectivity index (χ0v) is 13.6. The van der Waals surface area contributed by atoms with Crippen molar-refractivity contribution in [2.45, 2.75) is 52.0 Å². The lowest BCUT2D eigenvalue weighted by Crippen LogP contribution is -2.47. The number of benzene rings is 1. The van der Waals surface area contributed by atoms with Gasteiger partial charge in [-0.15, -0.1) is 0 Å². The fourth-order valence-corrected chi connectivity index (χ4v) is 3.57. The molecule has 1 aromatic rings. The van der Waals surface area contributed by atoms with Crippen molar-refractivity contribution in [2.24, 2.45) is 11.1 Å². The number of hydrogen-bond acceptors (Lipinski definition) is 2. The van der Waals surface area contributed by atoms with Gasteiger partial charge in [0.1, 0.15) is 0 Å². The molecule has 0 aliphatic heterocycles. The zero-order valence-electron chi connectivity index (χ0n) is 13.6. The average Bonchev–Trinajstić information content (AvgIpc) is 2.55. The fourth-order valence-electron chi connectivity index (χ4n) is 3.57. The van der Waals surface area contributed by atoms with Crippen LogP contribution in [-0.2, 0) is 11.2 Å². The molecule has 0 radical (unpaired) electrons. The lowest BCUT2D eigenvalue weighted by atomic mass is 9.79. The molecule has 2 N–H and O–H groups in total. The van der Waals surface area contributed by atoms with Gasteiger partial charge in [-0.1, -0.05) is 38.1 Å². The van der Waals surface area contributed by atoms with Gasteiger partial charge in [-0.3, -0.25) is 4.79 Å². The molecule has 116 valence electrons. The van der Waals surface area contributed by atoms with Gasteiger partial charge in [0.2, 0.25) is 5.91 Å². The smallest absolute Gasteiger partial charge is 0.230 e. The molecule has 1 unspecified atom stereocenters. The number of carbonyl (C=O) groups is 1. The van der Waals surface area contributed by atoms with Crippen molar-refractivity contribution >= 4 is 5.91 Å². The van der Waals surface area contributed by atoms with E-state index in [2.05, 4.69) is 38.1 Å². The van der Waals surface area contributed by atoms with Crippen LogP contribution >= 0.6 is 0 Å². The van der Waals surface area contributed by atoms with Crippen molar-refractivity contribution < 1.29 is 4.79 Å². The number of carbonyl (C=O) groups excluding carboxylic acids is 1. The third-order valence-electron chi connectivity index (χ3n) is 5.32. The molecule has 1 aliphatic carbocycles. The highest BCUT2D eigenvalue weighted by atomic mass is 16.2. The molecule has 0 saturated heterocycles. The lowest BCUT2D eigenvalue weighted by molar-refractivity contribution is -0.143. The van der Waals surface area contributed by atoms with Crippen LogP contribution in [0.2, 0.25) is 0 Å². The highest BCUT2D eigenvalue weighted by molar-refractivity contribution is 5.83. The van der Waals surface area contributed by atoms with Crippen LogP contribution in [0.5, 0.6) is 0 Å². The molecular weight excluding hydrogens is 260 g/mol. The largest absolute Gasteiger partial charge is 0.338 e. The van der Waals surface area contributed by atoms with E-state index in [1.54, 1.807) is 0 Å². The Kier molecular flexibility index (Phi) is 5.04. The van der Waals surface area contributed by atoms with Crippen molar-refractivity contribution in [3.8, 4) is 0 Å². The molecule has 0 heterocycles. The van der Waals surface area contributed by atoms with E-state index in [4.69, 9.17) is 5.73 Å². The number of fused-ring (bicyclic) bond motifs is 1. The lowest BCUT2D eigenvalue weighted by Gasteiger charge is -2.39. The molecule has 3 nitrogen and oxygen atoms in total. The third kappa shape index (κ3) is 2.84. The fraction of sp³-hybridized carbons (Fsp3) is 0.611. The summed E-state index contributed by atoms with van der Waals surface area (Å²) in [5, 5.41) is 0. The monoisotopic (exact) mass is 288 g/mol. The van der Waals surface area contributed by atoms with Crippen LogP contribution in [0.25, 0.3) is 0 Å². The number of hydrogen-bond donors (Lipinski definition) is 1. The van der Waals surface area contributed by atoms with Crippen molar-refractivity contribution in [3.63, 3.8) is 0 Å². The van der Waals surface area contributed by atoms with Crippen LogP contribution in [0.4, 0.5) is 0 Å². The second-order valence-corrected chi connectivity index (χ2v) is 6.21. The van der Waals surface area contributed by atoms with Gasteiger partial charge in [0, 0.05) is 13.6 Å². The van der Waals surface area contributed by atoms with E-state index in [0.717, 1.165) is 32.1 Å². The molecule has 1 aliphatic rings. The highest BCUT2D eigenvalue weighted by Gasteiger charge is 2.38. The van der Waals surface area contributed by atoms with E-state index in [1.807, 2.05) is 11.9 Å². The molecule has 0 spiro atoms. The number of rotatable bonds is 5. The van der Waals surface area contributed by atoms with Gasteiger partial charge in [0.25, 0.3) is 0 Å². The minimum absolute atomic E-state index is 0.200. The first-order chi connectivity index (χ1) is 10.1. The maximum Gasteiger partial charge on any atom is 0.230 e. The van der Waals surface area contributed by atoms with E-state index >= 15 is 0 Å². The zero-order chi connectivity index (χ0) is 15.5. The summed E-state index contributed by atoms with van der Waals surface area (Å²) in [5.74, 6) is 0.205. The van der Waals surface area contributed by atoms with Gasteiger partial charge < -0.3 is 10.6 Å². The first-order valence-electron chi connectivity index (χ1n) is 8.14. The Morgan fingerprint density at radius 2 is 2.00 bits per heavy atom. The third-order valence-corrected chi connectivity index (χ3v) is 5.32. The predicted octanol–water partition coefficient (Wildman–Crippen LogP) is 3.29. The quantitative estimate of drug-likeness (QED) is 0.903.